The minimum Gasteiger partial charge on any atom is -0.790 e. The summed E-state index contributed by atoms with van der Waals surface area (Å²) in [6.07, 6.45) is -4.99. The summed E-state index contributed by atoms with van der Waals surface area (Å²) >= 11 is 0. The van der Waals surface area contributed by atoms with Gasteiger partial charge in [0.25, 0.3) is 70.4 Å². The second-order valence-corrected chi connectivity index (χ2v) is 50.1. The molecule has 0 amide bonds. The molecule has 68 heteroatoms. The fraction of sp³-hybridized carbons (Fsp3) is 1.00. The molecular weight excluding hydrogens is 2120 g/mol. The van der Waals surface area contributed by atoms with Crippen molar-refractivity contribution >= 4 is 125 Å². The van der Waals surface area contributed by atoms with E-state index in [1.54, 1.807) is 0 Å². The van der Waals surface area contributed by atoms with Gasteiger partial charge < -0.3 is 202 Å². The van der Waals surface area contributed by atoms with E-state index in [0.29, 0.717) is 6.42 Å². The van der Waals surface area contributed by atoms with E-state index in [1.165, 1.54) is 0 Å². The number of phosphoric ester groups is 10. The molecule has 10 radical (unpaired) electrons. The number of aliphatic hydroxyl groups is 4. The molecule has 0 aromatic rings. The molecule has 25 unspecified atom stereocenters. The Labute approximate surface area is 845 Å². The van der Waals surface area contributed by atoms with E-state index in [-0.39, 0.29) is 194 Å². The molecule has 5 saturated heterocycles. The summed E-state index contributed by atoms with van der Waals surface area (Å²) in [7, 11) is -20.8. The quantitative estimate of drug-likeness (QED) is 0.0379. The van der Waals surface area contributed by atoms with Crippen molar-refractivity contribution in [2.45, 2.75) is 320 Å². The molecule has 52 nitrogen and oxygen atoms in total. The third-order valence-electron chi connectivity index (χ3n) is 17.5. The monoisotopic (exact) mass is 2270 g/mol. The highest BCUT2D eigenvalue weighted by molar-refractivity contribution is 7.50. The largest absolute Gasteiger partial charge is 0.790 e. The first-order valence-electron chi connectivity index (χ1n) is 44.6. The van der Waals surface area contributed by atoms with E-state index in [2.05, 4.69) is 49.8 Å². The Morgan fingerprint density at radius 2 is 0.430 bits per heavy atom. The first-order valence-corrected chi connectivity index (χ1v) is 61.2. The van der Waals surface area contributed by atoms with Crippen LogP contribution in [0.4, 0.5) is 0 Å². The molecule has 5 fully saturated rings. The summed E-state index contributed by atoms with van der Waals surface area (Å²) in [6, 6.07) is -3.05. The molecule has 5 aliphatic rings. The summed E-state index contributed by atoms with van der Waals surface area (Å²) in [6.45, 7) is 29.6. The average molecular weight is 2270 g/mol. The Balaban J connectivity index is -0.000000548. The van der Waals surface area contributed by atoms with Crippen molar-refractivity contribution in [1.29, 1.82) is 0 Å². The molecule has 0 aliphatic carbocycles. The summed E-state index contributed by atoms with van der Waals surface area (Å²) < 4.78 is 247. The zero-order chi connectivity index (χ0) is 109. The van der Waals surface area contributed by atoms with E-state index in [0.717, 1.165) is 13.8 Å². The number of phosphoric acid groups is 10. The molecule has 0 saturated carbocycles. The fourth-order valence-electron chi connectivity index (χ4n) is 12.0. The number of rotatable bonds is 59. The van der Waals surface area contributed by atoms with Gasteiger partial charge in [-0.25, -0.2) is 0 Å². The highest BCUT2D eigenvalue weighted by atomic mass is 31.2. The van der Waals surface area contributed by atoms with Gasteiger partial charge in [0.15, 0.2) is 0 Å². The van der Waals surface area contributed by atoms with Crippen molar-refractivity contribution in [1.82, 2.24) is 0 Å². The van der Waals surface area contributed by atoms with Crippen LogP contribution in [0.5, 0.6) is 0 Å². The molecule has 842 valence electrons. The Kier molecular flexibility index (Phi) is 78.7. The van der Waals surface area contributed by atoms with Crippen LogP contribution in [-0.2, 0) is 164 Å². The van der Waals surface area contributed by atoms with E-state index in [4.69, 9.17) is 124 Å². The second-order valence-electron chi connectivity index (χ2n) is 34.7. The third-order valence-corrected chi connectivity index (χ3v) is 27.8. The molecule has 0 aromatic heterocycles. The molecule has 0 aromatic carbocycles. The predicted molar refractivity (Wildman–Crippen MR) is 498 cm³/mol. The highest BCUT2D eigenvalue weighted by Crippen LogP contribution is 2.53. The van der Waals surface area contributed by atoms with Gasteiger partial charge in [0, 0.05) is 63.6 Å². The standard InChI is InChI=1S/C17H36BO14P3.C14H30BO13P3.C14H29BO10P2.C12H25BO8P2.C10H20BO6P.2C2H6.CH4O.2CH4/c1-17(2,3)16-14(13-15(18)31-16)32-35(24,25)30-12-6-11-29-34(22,23)28-10-5-9-27-33(20,21)26-8-4-7-19;1-14(2,3)13-11(10-12(15)27-13)28-31(21,22)26-9-5-8-25-30(19,20)24-7-4-6-23-29(16,17)18;1-14(2,3)13-11(10-12(15)24-13)25-27(19,20)23-9-5-8-22-26(17,18)21-7-4-6-16;1-12(2,3)11-9(8-10(13)20-11)21-23(16,17)19-7-5-6-18-22(4,14)15;1-7(2)10-8(6-9(11)16-10)17-18(13,14)15-5-3-4-12;3*1-2;;/h14-16,19H,4-13H2,1-3H3,(H,20,21)(H,22,23)(H,24,25);11-13H,4-10H2,1-3H3,(H,19,20)(H,21,22)(H2,16,17,18);11-13,16H,4-10H2,1-3H3,(H,17,18)(H,19,20);9-11H,5-8H2,1-4H3,(H,14,15)(H,16,17);7-10,12H,3-6H2,1-2H3,(H,13,14);2*1-2H3;2H,1H3;2*1H4/p-12. The molecule has 142 heavy (non-hydrogen) atoms. The minimum absolute atomic E-state index is 0. The molecule has 5 aliphatic heterocycles. The van der Waals surface area contributed by atoms with Gasteiger partial charge in [-0.2, -0.15) is 0 Å². The van der Waals surface area contributed by atoms with Crippen molar-refractivity contribution in [2.75, 3.05) is 133 Å². The molecule has 25 atom stereocenters. The number of ether oxygens (including phenoxy) is 5. The lowest BCUT2D eigenvalue weighted by molar-refractivity contribution is -0.342. The van der Waals surface area contributed by atoms with Crippen LogP contribution in [0.3, 0.4) is 0 Å². The van der Waals surface area contributed by atoms with Gasteiger partial charge in [0.05, 0.1) is 168 Å². The summed E-state index contributed by atoms with van der Waals surface area (Å²) in [5.41, 5.74) is -1.56. The summed E-state index contributed by atoms with van der Waals surface area (Å²) in [5.74, 6) is 0.0981. The number of aliphatic hydroxyl groups excluding tert-OH is 4. The zero-order valence-corrected chi connectivity index (χ0v) is 92.9. The minimum atomic E-state index is -5.13. The first kappa shape index (κ1) is 152. The van der Waals surface area contributed by atoms with Gasteiger partial charge >= 0.3 is 0 Å². The molecule has 0 spiro atoms. The van der Waals surface area contributed by atoms with Crippen LogP contribution in [0.25, 0.3) is 0 Å². The lowest BCUT2D eigenvalue weighted by Crippen LogP contribution is -2.37. The maximum absolute atomic E-state index is 12.1. The van der Waals surface area contributed by atoms with Crippen LogP contribution in [-0.4, -0.2) is 283 Å². The van der Waals surface area contributed by atoms with E-state index >= 15 is 0 Å². The fourth-order valence-corrected chi connectivity index (χ4v) is 20.6. The van der Waals surface area contributed by atoms with E-state index in [1.807, 2.05) is 125 Å². The lowest BCUT2D eigenvalue weighted by Gasteiger charge is -2.34. The molecule has 5 heterocycles. The smallest absolute Gasteiger partial charge is 0.268 e. The topological polar surface area (TPSA) is 776 Å². The van der Waals surface area contributed by atoms with Gasteiger partial charge in [-0.1, -0.05) is 139 Å². The van der Waals surface area contributed by atoms with E-state index < -0.39 is 228 Å². The molecule has 4 N–H and O–H groups in total. The maximum atomic E-state index is 12.1. The van der Waals surface area contributed by atoms with Crippen LogP contribution in [0.1, 0.15) is 229 Å². The maximum Gasteiger partial charge on any atom is 0.268 e. The second kappa shape index (κ2) is 73.7. The van der Waals surface area contributed by atoms with Crippen molar-refractivity contribution in [3.05, 3.63) is 0 Å². The predicted octanol–water partition coefficient (Wildman–Crippen LogP) is 4.01. The van der Waals surface area contributed by atoms with Gasteiger partial charge in [0.2, 0.25) is 0 Å². The normalized spacial score (nSPS) is 26.7. The lowest BCUT2D eigenvalue weighted by atomic mass is 9.85. The van der Waals surface area contributed by atoms with Gasteiger partial charge in [-0.05, 0) is 117 Å². The molecular formula is C74H152B5O52P11-12. The Morgan fingerprint density at radius 1 is 0.275 bits per heavy atom. The molecule has 5 rings (SSSR count). The molecule has 0 bridgehead atoms. The first-order chi connectivity index (χ1) is 64.1. The van der Waals surface area contributed by atoms with Gasteiger partial charge in [-0.3, -0.25) is 41.1 Å². The van der Waals surface area contributed by atoms with Gasteiger partial charge in [0.1, 0.15) is 46.8 Å². The number of hydrogen-bond acceptors (Lipinski definition) is 52. The van der Waals surface area contributed by atoms with Crippen LogP contribution in [0, 0.1) is 27.6 Å². The third kappa shape index (κ3) is 75.1. The van der Waals surface area contributed by atoms with Crippen LogP contribution in [0.15, 0.2) is 0 Å². The highest BCUT2D eigenvalue weighted by Gasteiger charge is 2.47. The summed E-state index contributed by atoms with van der Waals surface area (Å²) in [4.78, 5) is 137. The summed E-state index contributed by atoms with van der Waals surface area (Å²) in [5, 5.41) is 32.7. The van der Waals surface area contributed by atoms with Crippen molar-refractivity contribution in [2.24, 2.45) is 27.6 Å². The van der Waals surface area contributed by atoms with Crippen LogP contribution in [0.2, 0.25) is 0 Å². The van der Waals surface area contributed by atoms with Crippen LogP contribution >= 0.6 is 85.8 Å². The zero-order valence-electron chi connectivity index (χ0n) is 83.1. The van der Waals surface area contributed by atoms with Crippen molar-refractivity contribution in [3.63, 3.8) is 0 Å². The van der Waals surface area contributed by atoms with Gasteiger partial charge in [-0.15, -0.1) is 0 Å². The Bertz CT molecular complexity index is 3870. The number of hydrogen-bond donors (Lipinski definition) is 4. The van der Waals surface area contributed by atoms with Crippen LogP contribution < -0.4 is 58.7 Å². The van der Waals surface area contributed by atoms with Crippen molar-refractivity contribution in [3.8, 4) is 0 Å². The Hall–Kier alpha value is 1.21. The average Bonchev–Trinajstić information content (AvgIpc) is 1.76. The Morgan fingerprint density at radius 3 is 0.599 bits per heavy atom. The van der Waals surface area contributed by atoms with Crippen molar-refractivity contribution < 1.29 is 244 Å². The SMILES string of the molecule is C.C.CC.CC.CO.[B]C1CC(OP(=O)([O-])OCCCO)C(C(C)C)O1.[B]C1CC(OP(=O)([O-])OCCCOP(=O)([O-])OCCCO)C(C(C)(C)C)O1.[B]C1CC(OP(=O)([O-])OCCCOP(=O)([O-])OCCCOP(=O)([O-])OCCCO)C(C(C)(C)C)O1.[B]C1CC(OP(=O)([O-])OCCCOP(=O)([O-])OCCCOP(=O)([O-])[O-])C(C(C)(C)C)O1.[B]C1CC(OP(=O)([O-])OCCCOP(C)(=O)[O-])C(C(C)(C)C)O1. The van der Waals surface area contributed by atoms with E-state index in [9.17, 15) is 109 Å².